The Morgan fingerprint density at radius 2 is 1.93 bits per heavy atom. The highest BCUT2D eigenvalue weighted by Gasteiger charge is 2.28. The van der Waals surface area contributed by atoms with E-state index in [0.717, 1.165) is 0 Å². The fraction of sp³-hybridized carbons (Fsp3) is 0.500. The van der Waals surface area contributed by atoms with E-state index in [-0.39, 0.29) is 0 Å². The van der Waals surface area contributed by atoms with Crippen molar-refractivity contribution in [1.82, 2.24) is 0 Å². The van der Waals surface area contributed by atoms with Gasteiger partial charge in [-0.15, -0.1) is 0 Å². The molecule has 3 heteroatoms. The topological polar surface area (TPSA) is 49.7 Å². The summed E-state index contributed by atoms with van der Waals surface area (Å²) < 4.78 is 5.38. The highest BCUT2D eigenvalue weighted by Crippen LogP contribution is 2.31. The maximum atomic E-state index is 9.93. The minimum absolute atomic E-state index is 0.537. The number of aliphatic hydroxyl groups excluding tert-OH is 1. The molecule has 15 heavy (non-hydrogen) atoms. The Morgan fingerprint density at radius 3 is 2.47 bits per heavy atom. The number of para-hydroxylation sites is 1. The molecule has 1 unspecified atom stereocenters. The highest BCUT2D eigenvalue weighted by molar-refractivity contribution is 5.36. The van der Waals surface area contributed by atoms with Crippen molar-refractivity contribution >= 4 is 0 Å². The van der Waals surface area contributed by atoms with Gasteiger partial charge in [0.2, 0.25) is 0 Å². The predicted octanol–water partition coefficient (Wildman–Crippen LogP) is 1.89. The SMILES string of the molecule is CCOc1ccccc1C(O)C(C)(C)O. The first kappa shape index (κ1) is 12.0. The molecule has 0 aromatic heterocycles. The van der Waals surface area contributed by atoms with E-state index in [2.05, 4.69) is 0 Å². The molecular weight excluding hydrogens is 192 g/mol. The maximum absolute atomic E-state index is 9.93. The maximum Gasteiger partial charge on any atom is 0.125 e. The molecule has 0 saturated heterocycles. The van der Waals surface area contributed by atoms with Crippen molar-refractivity contribution in [2.75, 3.05) is 6.61 Å². The Balaban J connectivity index is 3.02. The molecule has 2 N–H and O–H groups in total. The first-order valence-electron chi connectivity index (χ1n) is 5.09. The highest BCUT2D eigenvalue weighted by atomic mass is 16.5. The molecule has 0 heterocycles. The Morgan fingerprint density at radius 1 is 1.33 bits per heavy atom. The minimum Gasteiger partial charge on any atom is -0.493 e. The van der Waals surface area contributed by atoms with Crippen LogP contribution in [-0.2, 0) is 0 Å². The molecular formula is C12H18O3. The summed E-state index contributed by atoms with van der Waals surface area (Å²) in [4.78, 5) is 0. The van der Waals surface area contributed by atoms with E-state index < -0.39 is 11.7 Å². The molecule has 1 atom stereocenters. The van der Waals surface area contributed by atoms with Crippen molar-refractivity contribution in [3.63, 3.8) is 0 Å². The molecule has 0 aliphatic carbocycles. The fourth-order valence-electron chi connectivity index (χ4n) is 1.37. The van der Waals surface area contributed by atoms with Crippen molar-refractivity contribution in [2.45, 2.75) is 32.5 Å². The van der Waals surface area contributed by atoms with Crippen LogP contribution in [0.4, 0.5) is 0 Å². The molecule has 0 bridgehead atoms. The summed E-state index contributed by atoms with van der Waals surface area (Å²) in [6, 6.07) is 7.19. The monoisotopic (exact) mass is 210 g/mol. The second-order valence-corrected chi connectivity index (χ2v) is 4.03. The molecule has 0 spiro atoms. The van der Waals surface area contributed by atoms with Crippen molar-refractivity contribution in [2.24, 2.45) is 0 Å². The van der Waals surface area contributed by atoms with Crippen LogP contribution < -0.4 is 4.74 Å². The van der Waals surface area contributed by atoms with Gasteiger partial charge in [-0.3, -0.25) is 0 Å². The zero-order valence-electron chi connectivity index (χ0n) is 9.40. The molecule has 1 aromatic rings. The van der Waals surface area contributed by atoms with Gasteiger partial charge in [-0.1, -0.05) is 18.2 Å². The molecule has 0 aliphatic rings. The van der Waals surface area contributed by atoms with Gasteiger partial charge in [0.1, 0.15) is 11.9 Å². The van der Waals surface area contributed by atoms with Crippen LogP contribution >= 0.6 is 0 Å². The Bertz CT molecular complexity index is 315. The summed E-state index contributed by atoms with van der Waals surface area (Å²) in [5.74, 6) is 0.620. The van der Waals surface area contributed by atoms with Gasteiger partial charge in [0.15, 0.2) is 0 Å². The number of hydrogen-bond acceptors (Lipinski definition) is 3. The van der Waals surface area contributed by atoms with Gasteiger partial charge in [-0.2, -0.15) is 0 Å². The molecule has 84 valence electrons. The third-order valence-corrected chi connectivity index (χ3v) is 2.18. The largest absolute Gasteiger partial charge is 0.493 e. The van der Waals surface area contributed by atoms with E-state index in [9.17, 15) is 10.2 Å². The molecule has 0 amide bonds. The van der Waals surface area contributed by atoms with Gasteiger partial charge in [0, 0.05) is 5.56 Å². The molecule has 0 aliphatic heterocycles. The number of hydrogen-bond donors (Lipinski definition) is 2. The van der Waals surface area contributed by atoms with Gasteiger partial charge in [0.25, 0.3) is 0 Å². The lowest BCUT2D eigenvalue weighted by atomic mass is 9.94. The van der Waals surface area contributed by atoms with E-state index in [1.807, 2.05) is 19.1 Å². The average molecular weight is 210 g/mol. The van der Waals surface area contributed by atoms with Gasteiger partial charge in [-0.25, -0.2) is 0 Å². The summed E-state index contributed by atoms with van der Waals surface area (Å²) in [5, 5.41) is 19.7. The van der Waals surface area contributed by atoms with E-state index >= 15 is 0 Å². The van der Waals surface area contributed by atoms with Crippen molar-refractivity contribution in [3.05, 3.63) is 29.8 Å². The van der Waals surface area contributed by atoms with Crippen LogP contribution in [0.5, 0.6) is 5.75 Å². The summed E-state index contributed by atoms with van der Waals surface area (Å²) >= 11 is 0. The number of ether oxygens (including phenoxy) is 1. The van der Waals surface area contributed by atoms with Crippen LogP contribution in [0.15, 0.2) is 24.3 Å². The number of benzene rings is 1. The summed E-state index contributed by atoms with van der Waals surface area (Å²) in [7, 11) is 0. The van der Waals surface area contributed by atoms with Crippen molar-refractivity contribution in [1.29, 1.82) is 0 Å². The van der Waals surface area contributed by atoms with Crippen LogP contribution in [0, 0.1) is 0 Å². The minimum atomic E-state index is -1.17. The lowest BCUT2D eigenvalue weighted by Crippen LogP contribution is -2.28. The fourth-order valence-corrected chi connectivity index (χ4v) is 1.37. The van der Waals surface area contributed by atoms with Gasteiger partial charge >= 0.3 is 0 Å². The predicted molar refractivity (Wildman–Crippen MR) is 58.9 cm³/mol. The summed E-state index contributed by atoms with van der Waals surface area (Å²) in [5.41, 5.74) is -0.556. The third kappa shape index (κ3) is 2.94. The van der Waals surface area contributed by atoms with Gasteiger partial charge in [0.05, 0.1) is 12.2 Å². The van der Waals surface area contributed by atoms with E-state index in [0.29, 0.717) is 17.9 Å². The zero-order valence-corrected chi connectivity index (χ0v) is 9.40. The van der Waals surface area contributed by atoms with Crippen LogP contribution in [0.2, 0.25) is 0 Å². The lowest BCUT2D eigenvalue weighted by molar-refractivity contribution is -0.0507. The van der Waals surface area contributed by atoms with Crippen LogP contribution in [0.3, 0.4) is 0 Å². The summed E-state index contributed by atoms with van der Waals surface area (Å²) in [6.45, 7) is 5.56. The number of aliphatic hydroxyl groups is 2. The van der Waals surface area contributed by atoms with Crippen LogP contribution in [0.1, 0.15) is 32.4 Å². The quantitative estimate of drug-likeness (QED) is 0.797. The summed E-state index contributed by atoms with van der Waals surface area (Å²) in [6.07, 6.45) is -0.944. The smallest absolute Gasteiger partial charge is 0.125 e. The van der Waals surface area contributed by atoms with E-state index in [1.165, 1.54) is 0 Å². The van der Waals surface area contributed by atoms with Crippen LogP contribution in [0.25, 0.3) is 0 Å². The standard InChI is InChI=1S/C12H18O3/c1-4-15-10-8-6-5-7-9(10)11(13)12(2,3)14/h5-8,11,13-14H,4H2,1-3H3. The second-order valence-electron chi connectivity index (χ2n) is 4.03. The number of rotatable bonds is 4. The zero-order chi connectivity index (χ0) is 11.5. The van der Waals surface area contributed by atoms with E-state index in [1.54, 1.807) is 26.0 Å². The molecule has 0 saturated carbocycles. The third-order valence-electron chi connectivity index (χ3n) is 2.18. The Labute approximate surface area is 90.3 Å². The molecule has 3 nitrogen and oxygen atoms in total. The Kier molecular flexibility index (Phi) is 3.72. The normalized spacial score (nSPS) is 13.7. The second kappa shape index (κ2) is 4.64. The molecule has 0 fully saturated rings. The average Bonchev–Trinajstić information content (AvgIpc) is 2.17. The van der Waals surface area contributed by atoms with Gasteiger partial charge < -0.3 is 14.9 Å². The van der Waals surface area contributed by atoms with Crippen molar-refractivity contribution < 1.29 is 14.9 Å². The van der Waals surface area contributed by atoms with E-state index in [4.69, 9.17) is 4.74 Å². The molecule has 1 rings (SSSR count). The first-order valence-corrected chi connectivity index (χ1v) is 5.09. The molecule has 1 aromatic carbocycles. The van der Waals surface area contributed by atoms with Gasteiger partial charge in [-0.05, 0) is 26.8 Å². The Hall–Kier alpha value is -1.06. The lowest BCUT2D eigenvalue weighted by Gasteiger charge is -2.26. The van der Waals surface area contributed by atoms with Crippen molar-refractivity contribution in [3.8, 4) is 5.75 Å². The van der Waals surface area contributed by atoms with Crippen LogP contribution in [-0.4, -0.2) is 22.4 Å². The first-order chi connectivity index (χ1) is 6.96. The molecule has 0 radical (unpaired) electrons.